The van der Waals surface area contributed by atoms with Crippen LogP contribution in [0.2, 0.25) is 0 Å². The summed E-state index contributed by atoms with van der Waals surface area (Å²) in [4.78, 5) is 12.0. The van der Waals surface area contributed by atoms with Crippen molar-refractivity contribution < 1.29 is 9.90 Å². The van der Waals surface area contributed by atoms with Gasteiger partial charge in [-0.25, -0.2) is 0 Å². The maximum Gasteiger partial charge on any atom is 0.255 e. The van der Waals surface area contributed by atoms with Crippen LogP contribution in [0.15, 0.2) is 18.2 Å². The van der Waals surface area contributed by atoms with Gasteiger partial charge in [0.15, 0.2) is 0 Å². The van der Waals surface area contributed by atoms with E-state index in [1.54, 1.807) is 18.2 Å². The molecule has 1 unspecified atom stereocenters. The Bertz CT molecular complexity index is 438. The number of phenols is 1. The molecule has 100 valence electrons. The Morgan fingerprint density at radius 2 is 2.06 bits per heavy atom. The molecular formula is C14H20INO2. The fraction of sp³-hybridized carbons (Fsp3) is 0.500. The molecule has 18 heavy (non-hydrogen) atoms. The third-order valence-corrected chi connectivity index (χ3v) is 3.92. The number of halogens is 1. The first-order valence-electron chi connectivity index (χ1n) is 5.98. The first-order valence-corrected chi connectivity index (χ1v) is 7.06. The van der Waals surface area contributed by atoms with Crippen molar-refractivity contribution in [3.05, 3.63) is 27.3 Å². The van der Waals surface area contributed by atoms with Crippen LogP contribution in [-0.4, -0.2) is 17.6 Å². The molecule has 0 saturated heterocycles. The predicted octanol–water partition coefficient (Wildman–Crippen LogP) is 3.41. The highest BCUT2D eigenvalue weighted by atomic mass is 127. The SMILES string of the molecule is CC(CNC(=O)c1cc(I)ccc1O)C(C)(C)C. The summed E-state index contributed by atoms with van der Waals surface area (Å²) in [5, 5.41) is 12.5. The van der Waals surface area contributed by atoms with Crippen molar-refractivity contribution in [1.29, 1.82) is 0 Å². The van der Waals surface area contributed by atoms with Gasteiger partial charge in [-0.3, -0.25) is 4.79 Å². The Morgan fingerprint density at radius 1 is 1.44 bits per heavy atom. The van der Waals surface area contributed by atoms with E-state index in [2.05, 4.69) is 55.6 Å². The summed E-state index contributed by atoms with van der Waals surface area (Å²) in [5.41, 5.74) is 0.489. The molecule has 0 saturated carbocycles. The summed E-state index contributed by atoms with van der Waals surface area (Å²) >= 11 is 2.12. The molecule has 0 spiro atoms. The fourth-order valence-electron chi connectivity index (χ4n) is 1.34. The number of phenolic OH excluding ortho intramolecular Hbond substituents is 1. The standard InChI is InChI=1S/C14H20INO2/c1-9(14(2,3)4)8-16-13(18)11-7-10(15)5-6-12(11)17/h5-7,9,17H,8H2,1-4H3,(H,16,18). The smallest absolute Gasteiger partial charge is 0.255 e. The van der Waals surface area contributed by atoms with E-state index in [4.69, 9.17) is 0 Å². The Hall–Kier alpha value is -0.780. The largest absolute Gasteiger partial charge is 0.507 e. The topological polar surface area (TPSA) is 49.3 Å². The summed E-state index contributed by atoms with van der Waals surface area (Å²) in [7, 11) is 0. The Labute approximate surface area is 122 Å². The lowest BCUT2D eigenvalue weighted by molar-refractivity contribution is 0.0934. The van der Waals surface area contributed by atoms with E-state index < -0.39 is 0 Å². The number of hydrogen-bond acceptors (Lipinski definition) is 2. The van der Waals surface area contributed by atoms with Gasteiger partial charge in [0.05, 0.1) is 5.56 Å². The highest BCUT2D eigenvalue weighted by Crippen LogP contribution is 2.25. The Kier molecular flexibility index (Phi) is 5.01. The van der Waals surface area contributed by atoms with Crippen molar-refractivity contribution in [2.24, 2.45) is 11.3 Å². The van der Waals surface area contributed by atoms with Gasteiger partial charge in [-0.2, -0.15) is 0 Å². The summed E-state index contributed by atoms with van der Waals surface area (Å²) < 4.78 is 0.930. The van der Waals surface area contributed by atoms with E-state index >= 15 is 0 Å². The lowest BCUT2D eigenvalue weighted by Crippen LogP contribution is -2.33. The minimum Gasteiger partial charge on any atom is -0.507 e. The fourth-order valence-corrected chi connectivity index (χ4v) is 1.83. The maximum absolute atomic E-state index is 12.0. The van der Waals surface area contributed by atoms with Crippen LogP contribution < -0.4 is 5.32 Å². The lowest BCUT2D eigenvalue weighted by Gasteiger charge is -2.27. The van der Waals surface area contributed by atoms with E-state index in [1.165, 1.54) is 0 Å². The average Bonchev–Trinajstić information content (AvgIpc) is 2.27. The van der Waals surface area contributed by atoms with Gasteiger partial charge in [-0.1, -0.05) is 27.7 Å². The second-order valence-corrected chi connectivity index (χ2v) is 6.88. The maximum atomic E-state index is 12.0. The average molecular weight is 361 g/mol. The highest BCUT2D eigenvalue weighted by molar-refractivity contribution is 14.1. The number of hydrogen-bond donors (Lipinski definition) is 2. The van der Waals surface area contributed by atoms with Crippen molar-refractivity contribution in [3.8, 4) is 5.75 Å². The number of carbonyl (C=O) groups is 1. The molecule has 1 rings (SSSR count). The zero-order valence-corrected chi connectivity index (χ0v) is 13.4. The molecule has 0 aliphatic carbocycles. The van der Waals surface area contributed by atoms with E-state index in [-0.39, 0.29) is 17.1 Å². The molecular weight excluding hydrogens is 341 g/mol. The van der Waals surface area contributed by atoms with Gasteiger partial charge in [0.2, 0.25) is 0 Å². The second-order valence-electron chi connectivity index (χ2n) is 5.64. The van der Waals surface area contributed by atoms with Crippen LogP contribution in [0, 0.1) is 14.9 Å². The number of rotatable bonds is 3. The summed E-state index contributed by atoms with van der Waals surface area (Å²) in [6.07, 6.45) is 0. The van der Waals surface area contributed by atoms with Gasteiger partial charge < -0.3 is 10.4 Å². The first-order chi connectivity index (χ1) is 8.21. The number of nitrogens with one attached hydrogen (secondary N) is 1. The zero-order chi connectivity index (χ0) is 13.9. The lowest BCUT2D eigenvalue weighted by atomic mass is 9.82. The minimum absolute atomic E-state index is 0.0244. The summed E-state index contributed by atoms with van der Waals surface area (Å²) in [6.45, 7) is 9.15. The van der Waals surface area contributed by atoms with E-state index in [0.717, 1.165) is 3.57 Å². The van der Waals surface area contributed by atoms with Crippen molar-refractivity contribution in [3.63, 3.8) is 0 Å². The molecule has 0 radical (unpaired) electrons. The molecule has 0 aliphatic heterocycles. The number of benzene rings is 1. The predicted molar refractivity (Wildman–Crippen MR) is 81.8 cm³/mol. The van der Waals surface area contributed by atoms with Crippen LogP contribution in [0.4, 0.5) is 0 Å². The zero-order valence-electron chi connectivity index (χ0n) is 11.2. The highest BCUT2D eigenvalue weighted by Gasteiger charge is 2.21. The normalized spacial score (nSPS) is 13.2. The van der Waals surface area contributed by atoms with Crippen molar-refractivity contribution in [2.75, 3.05) is 6.54 Å². The molecule has 1 aromatic rings. The van der Waals surface area contributed by atoms with Crippen molar-refractivity contribution in [1.82, 2.24) is 5.32 Å². The summed E-state index contributed by atoms with van der Waals surface area (Å²) in [6, 6.07) is 5.00. The first kappa shape index (κ1) is 15.3. The molecule has 1 atom stereocenters. The van der Waals surface area contributed by atoms with Crippen LogP contribution in [-0.2, 0) is 0 Å². The molecule has 3 nitrogen and oxygen atoms in total. The van der Waals surface area contributed by atoms with Gasteiger partial charge in [-0.05, 0) is 52.1 Å². The molecule has 4 heteroatoms. The second kappa shape index (κ2) is 5.91. The van der Waals surface area contributed by atoms with Crippen LogP contribution >= 0.6 is 22.6 Å². The van der Waals surface area contributed by atoms with E-state index in [9.17, 15) is 9.90 Å². The van der Waals surface area contributed by atoms with Crippen LogP contribution in [0.3, 0.4) is 0 Å². The van der Waals surface area contributed by atoms with Gasteiger partial charge in [0, 0.05) is 10.1 Å². The van der Waals surface area contributed by atoms with Gasteiger partial charge >= 0.3 is 0 Å². The quantitative estimate of drug-likeness (QED) is 0.811. The summed E-state index contributed by atoms with van der Waals surface area (Å²) in [5.74, 6) is 0.171. The van der Waals surface area contributed by atoms with Crippen molar-refractivity contribution in [2.45, 2.75) is 27.7 Å². The molecule has 0 aliphatic rings. The molecule has 0 fully saturated rings. The minimum atomic E-state index is -0.220. The molecule has 0 bridgehead atoms. The Morgan fingerprint density at radius 3 is 2.61 bits per heavy atom. The van der Waals surface area contributed by atoms with Crippen molar-refractivity contribution >= 4 is 28.5 Å². The number of carbonyl (C=O) groups excluding carboxylic acids is 1. The molecule has 0 aromatic heterocycles. The van der Waals surface area contributed by atoms with Crippen LogP contribution in [0.25, 0.3) is 0 Å². The third-order valence-electron chi connectivity index (χ3n) is 3.25. The van der Waals surface area contributed by atoms with E-state index in [1.807, 2.05) is 0 Å². The third kappa shape index (κ3) is 4.15. The van der Waals surface area contributed by atoms with Crippen LogP contribution in [0.5, 0.6) is 5.75 Å². The molecule has 1 amide bonds. The van der Waals surface area contributed by atoms with Gasteiger partial charge in [-0.15, -0.1) is 0 Å². The van der Waals surface area contributed by atoms with E-state index in [0.29, 0.717) is 18.0 Å². The Balaban J connectivity index is 2.69. The molecule has 0 heterocycles. The monoisotopic (exact) mass is 361 g/mol. The van der Waals surface area contributed by atoms with Gasteiger partial charge in [0.1, 0.15) is 5.75 Å². The van der Waals surface area contributed by atoms with Gasteiger partial charge in [0.25, 0.3) is 5.91 Å². The molecule has 1 aromatic carbocycles. The number of amides is 1. The van der Waals surface area contributed by atoms with Crippen LogP contribution in [0.1, 0.15) is 38.1 Å². The number of aromatic hydroxyl groups is 1. The molecule has 2 N–H and O–H groups in total.